The van der Waals surface area contributed by atoms with Gasteiger partial charge in [-0.05, 0) is 267 Å². The number of anilines is 4. The summed E-state index contributed by atoms with van der Waals surface area (Å²) in [6.07, 6.45) is 28.1. The first-order valence-electron chi connectivity index (χ1n) is 57.2. The van der Waals surface area contributed by atoms with Gasteiger partial charge < -0.3 is 19.6 Å². The van der Waals surface area contributed by atoms with Crippen LogP contribution in [-0.2, 0) is 35.5 Å². The van der Waals surface area contributed by atoms with Crippen molar-refractivity contribution in [2.45, 2.75) is 425 Å². The summed E-state index contributed by atoms with van der Waals surface area (Å²) >= 11 is 0. The summed E-state index contributed by atoms with van der Waals surface area (Å²) in [6.45, 7) is 82.3. The van der Waals surface area contributed by atoms with Crippen molar-refractivity contribution in [3.05, 3.63) is 205 Å². The Morgan fingerprint density at radius 3 is 0.851 bits per heavy atom. The van der Waals surface area contributed by atoms with Crippen LogP contribution in [-0.4, -0.2) is 137 Å². The maximum absolute atomic E-state index is 14.2. The van der Waals surface area contributed by atoms with E-state index in [-0.39, 0.29) is 68.1 Å². The number of aryl methyl sites for hydroxylation is 4. The molecule has 0 spiro atoms. The van der Waals surface area contributed by atoms with Crippen molar-refractivity contribution < 1.29 is 0 Å². The molecule has 4 aromatic carbocycles. The molecule has 0 N–H and O–H groups in total. The minimum Gasteiger partial charge on any atom is -0.372 e. The number of benzene rings is 4. The fourth-order valence-electron chi connectivity index (χ4n) is 20.1. The summed E-state index contributed by atoms with van der Waals surface area (Å²) in [7, 11) is 0. The molecule has 12 rings (SSSR count). The van der Waals surface area contributed by atoms with Crippen molar-refractivity contribution in [3.63, 3.8) is 0 Å². The predicted molar refractivity (Wildman–Crippen MR) is 633 cm³/mol. The molecule has 148 heavy (non-hydrogen) atoms. The smallest absolute Gasteiger partial charge is 0.278 e. The average molecular weight is 2020 g/mol. The van der Waals surface area contributed by atoms with Gasteiger partial charge in [-0.3, -0.25) is 19.2 Å². The molecule has 0 bridgehead atoms. The zero-order valence-corrected chi connectivity index (χ0v) is 98.2. The van der Waals surface area contributed by atoms with Crippen molar-refractivity contribution >= 4 is 91.2 Å². The summed E-state index contributed by atoms with van der Waals surface area (Å²) in [5.41, 5.74) is 24.7. The second kappa shape index (κ2) is 55.6. The van der Waals surface area contributed by atoms with E-state index in [0.29, 0.717) is 40.3 Å². The standard InChI is InChI=1S/C39H63N5O.C32H49N5O.C28H41N5O.C25H35N5O/c1-9-14-16-17-18-19-20-21-22-23-25-33-36(31(11-3)24-15-10-2)41-38-37(35(29(6)7)42-44(38)39(33)45)40-34-27-26-32(28-30(34)8)43(12-4)13-5;1-10-14-15-16-17-18-25-29(32(8,9)11-2)34-30-28(27(22(5)6)35-37(30)31(25)38)33-26-20-19-24(21-23(26)7)36(12-3)13-4;1-10-13-14-21-25(28(7,8)9)30-26-24(23(18(4)5)31-33(26)27(21)34)29-22-16-15-20(17-19(22)6)32(11-2)12-3;1-10-29(11-2)18-12-13-19(16(5)14-18)26-21-20(15(3)4)28-30-23(21)27-22(25(7,8)9)17(6)24(30)31/h26-29,31H,9-25H2,1-8H3;19-22H,10-18H2,1-9H3;15-18H,10-14H2,1-9H3;12-15H,10-11H2,1-9H3. The first-order valence-corrected chi connectivity index (χ1v) is 57.2. The SMILES string of the molecule is CCCCCCCCCCCCc1c(C(CC)CCCC)nc2n(c1=O)N=C(C(C)C)C2=Nc1ccc(N(CC)CC)cc1C.CCCCCCCc1c(C(C)(C)CC)nc2n(c1=O)N=C(C(C)C)C2=Nc1ccc(N(CC)CC)cc1C.CCCCc1c(C(C)(C)C)nc2n(c1=O)N=C(C(C)C)C2=Nc1ccc(N(CC)CC)cc1C.CCN(CC)c1ccc(N=C2C(C(C)C)=Nn3c2nc(C(C)(C)C)c(C)c3=O)c(C)c1. The molecule has 4 aliphatic heterocycles. The monoisotopic (exact) mass is 2020 g/mol. The maximum Gasteiger partial charge on any atom is 0.278 e. The Morgan fingerprint density at radius 2 is 0.568 bits per heavy atom. The van der Waals surface area contributed by atoms with Crippen LogP contribution in [0.1, 0.15) is 445 Å². The third kappa shape index (κ3) is 29.4. The largest absolute Gasteiger partial charge is 0.372 e. The molecular formula is C124H188N20O4. The third-order valence-electron chi connectivity index (χ3n) is 29.6. The highest BCUT2D eigenvalue weighted by Crippen LogP contribution is 2.38. The lowest BCUT2D eigenvalue weighted by Crippen LogP contribution is -2.32. The Bertz CT molecular complexity index is 6340. The molecule has 0 aliphatic carbocycles. The molecule has 0 saturated carbocycles. The van der Waals surface area contributed by atoms with E-state index in [9.17, 15) is 19.2 Å². The number of fused-ring (bicyclic) bond motifs is 4. The van der Waals surface area contributed by atoms with Gasteiger partial charge in [0.25, 0.3) is 22.2 Å². The molecule has 24 heteroatoms. The van der Waals surface area contributed by atoms with E-state index >= 15 is 0 Å². The highest BCUT2D eigenvalue weighted by Gasteiger charge is 2.39. The summed E-state index contributed by atoms with van der Waals surface area (Å²) < 4.78 is 6.03. The molecule has 4 aliphatic rings. The molecule has 1 atom stereocenters. The van der Waals surface area contributed by atoms with Crippen LogP contribution in [0.25, 0.3) is 0 Å². The van der Waals surface area contributed by atoms with Gasteiger partial charge in [0.1, 0.15) is 22.8 Å². The fraction of sp³-hybridized carbons (Fsp3) is 0.613. The van der Waals surface area contributed by atoms with Crippen LogP contribution in [0.4, 0.5) is 45.5 Å². The molecule has 0 saturated heterocycles. The molecule has 808 valence electrons. The van der Waals surface area contributed by atoms with Gasteiger partial charge in [0.15, 0.2) is 23.3 Å². The summed E-state index contributed by atoms with van der Waals surface area (Å²) in [6, 6.07) is 25.6. The number of hydrogen-bond donors (Lipinski definition) is 0. The lowest BCUT2D eigenvalue weighted by molar-refractivity contribution is 0.475. The second-order valence-corrected chi connectivity index (χ2v) is 44.9. The van der Waals surface area contributed by atoms with Gasteiger partial charge in [-0.15, -0.1) is 0 Å². The molecule has 4 aromatic heterocycles. The zero-order chi connectivity index (χ0) is 109. The molecule has 1 unspecified atom stereocenters. The first-order chi connectivity index (χ1) is 70.4. The van der Waals surface area contributed by atoms with Crippen LogP contribution in [0.2, 0.25) is 0 Å². The lowest BCUT2D eigenvalue weighted by atomic mass is 9.82. The third-order valence-corrected chi connectivity index (χ3v) is 29.6. The number of hydrogen-bond acceptors (Lipinski definition) is 20. The van der Waals surface area contributed by atoms with Gasteiger partial charge in [-0.2, -0.15) is 39.1 Å². The molecule has 0 amide bonds. The lowest BCUT2D eigenvalue weighted by Gasteiger charge is -2.25. The van der Waals surface area contributed by atoms with E-state index in [1.54, 1.807) is 4.68 Å². The summed E-state index contributed by atoms with van der Waals surface area (Å²) in [5.74, 6) is 3.05. The highest BCUT2D eigenvalue weighted by atomic mass is 16.2. The number of unbranched alkanes of at least 4 members (excludes halogenated alkanes) is 15. The van der Waals surface area contributed by atoms with E-state index in [1.807, 2.05) is 13.0 Å². The average Bonchev–Trinajstić information content (AvgIpc) is 1.63. The first kappa shape index (κ1) is 120. The maximum atomic E-state index is 14.2. The molecule has 0 fully saturated rings. The molecular weight excluding hydrogens is 1830 g/mol. The molecule has 8 aromatic rings. The Hall–Kier alpha value is -11.0. The van der Waals surface area contributed by atoms with Gasteiger partial charge in [0, 0.05) is 120 Å². The van der Waals surface area contributed by atoms with E-state index in [2.05, 4.69) is 327 Å². The van der Waals surface area contributed by atoms with Crippen LogP contribution < -0.4 is 41.8 Å². The van der Waals surface area contributed by atoms with Crippen molar-refractivity contribution in [1.29, 1.82) is 0 Å². The van der Waals surface area contributed by atoms with Crippen LogP contribution in [0, 0.1) is 58.3 Å². The Labute approximate surface area is 890 Å². The van der Waals surface area contributed by atoms with Crippen LogP contribution >= 0.6 is 0 Å². The molecule has 0 radical (unpaired) electrons. The molecule has 24 nitrogen and oxygen atoms in total. The van der Waals surface area contributed by atoms with E-state index < -0.39 is 0 Å². The number of aromatic nitrogens is 8. The van der Waals surface area contributed by atoms with E-state index in [1.165, 1.54) is 107 Å². The summed E-state index contributed by atoms with van der Waals surface area (Å²) in [4.78, 5) is 105. The quantitative estimate of drug-likeness (QED) is 0.0323. The predicted octanol–water partition coefficient (Wildman–Crippen LogP) is 29.2. The number of rotatable bonds is 47. The van der Waals surface area contributed by atoms with Crippen LogP contribution in [0.5, 0.6) is 0 Å². The van der Waals surface area contributed by atoms with Gasteiger partial charge in [0.05, 0.1) is 68.4 Å². The van der Waals surface area contributed by atoms with Gasteiger partial charge in [-0.25, -0.2) is 39.9 Å². The minimum atomic E-state index is -0.245. The topological polar surface area (TPSA) is 251 Å². The Kier molecular flexibility index (Phi) is 45.3. The number of aliphatic imine (C=N–C) groups is 4. The Morgan fingerprint density at radius 1 is 0.304 bits per heavy atom. The normalized spacial score (nSPS) is 14.5. The van der Waals surface area contributed by atoms with Gasteiger partial charge in [0.2, 0.25) is 0 Å². The zero-order valence-electron chi connectivity index (χ0n) is 98.2. The van der Waals surface area contributed by atoms with Crippen molar-refractivity contribution in [2.24, 2.45) is 64.0 Å². The van der Waals surface area contributed by atoms with Crippen LogP contribution in [0.15, 0.2) is 132 Å². The van der Waals surface area contributed by atoms with Crippen LogP contribution in [0.3, 0.4) is 0 Å². The van der Waals surface area contributed by atoms with Crippen molar-refractivity contribution in [2.75, 3.05) is 72.0 Å². The molecule has 8 heterocycles. The van der Waals surface area contributed by atoms with Gasteiger partial charge in [-0.1, -0.05) is 255 Å². The van der Waals surface area contributed by atoms with Gasteiger partial charge >= 0.3 is 0 Å². The fourth-order valence-corrected chi connectivity index (χ4v) is 20.1. The van der Waals surface area contributed by atoms with E-state index in [4.69, 9.17) is 55.2 Å². The van der Waals surface area contributed by atoms with Crippen molar-refractivity contribution in [1.82, 2.24) is 38.6 Å². The van der Waals surface area contributed by atoms with Crippen molar-refractivity contribution in [3.8, 4) is 0 Å². The minimum absolute atomic E-state index is 0.0119. The number of nitrogens with zero attached hydrogens (tertiary/aromatic N) is 20. The highest BCUT2D eigenvalue weighted by molar-refractivity contribution is 6.51. The summed E-state index contributed by atoms with van der Waals surface area (Å²) in [5, 5.41) is 19.1. The van der Waals surface area contributed by atoms with E-state index in [0.717, 1.165) is 261 Å². The second-order valence-electron chi connectivity index (χ2n) is 44.9. The Balaban J connectivity index is 0.000000221.